The van der Waals surface area contributed by atoms with Crippen molar-refractivity contribution < 1.29 is 38.4 Å². The van der Waals surface area contributed by atoms with Gasteiger partial charge >= 0.3 is 11.7 Å². The first kappa shape index (κ1) is 38.0. The van der Waals surface area contributed by atoms with E-state index in [1.54, 1.807) is 35.2 Å². The summed E-state index contributed by atoms with van der Waals surface area (Å²) in [6.45, 7) is 4.78. The van der Waals surface area contributed by atoms with Crippen LogP contribution in [0.4, 0.5) is 16.3 Å². The first-order valence-corrected chi connectivity index (χ1v) is 17.5. The first-order chi connectivity index (χ1) is 26.0. The molecule has 4 heterocycles. The van der Waals surface area contributed by atoms with Gasteiger partial charge in [-0.25, -0.2) is 24.5 Å². The maximum Gasteiger partial charge on any atom is 0.408 e. The number of anilines is 2. The molecule has 2 aromatic carbocycles. The number of amides is 2. The Labute approximate surface area is 310 Å². The number of aromatic nitrogens is 4. The smallest absolute Gasteiger partial charge is 0.408 e. The van der Waals surface area contributed by atoms with Crippen molar-refractivity contribution in [2.75, 3.05) is 50.7 Å². The van der Waals surface area contributed by atoms with Crippen LogP contribution in [-0.2, 0) is 27.3 Å². The summed E-state index contributed by atoms with van der Waals surface area (Å²) in [6, 6.07) is 11.4. The Kier molecular flexibility index (Phi) is 11.6. The van der Waals surface area contributed by atoms with E-state index < -0.39 is 54.8 Å². The standard InChI is InChI=1S/C37H44N8O9/c1-6-44(7-2)23-10-13-25-22(15-29(47)53-27(25)16-23)18-52-37(50)41-26(14-21-8-11-24(51-5)12-9-21)35(49)42-30-28(17-46)54-36(32(30)48)45-20-40-31-33(43(3)4)38-19-39-34(31)45/h8-13,15-16,19-20,26,28,30,32,36,46,48H,6-7,14,17-18H2,1-5H3,(H,41,50)(H,42,49)/t26-,28+,30+,32+,36+/m0/s1. The zero-order valence-electron chi connectivity index (χ0n) is 30.6. The lowest BCUT2D eigenvalue weighted by Crippen LogP contribution is -2.55. The van der Waals surface area contributed by atoms with Crippen molar-refractivity contribution in [3.63, 3.8) is 0 Å². The lowest BCUT2D eigenvalue weighted by atomic mass is 10.0. The van der Waals surface area contributed by atoms with Gasteiger partial charge in [0.2, 0.25) is 5.91 Å². The molecule has 1 fully saturated rings. The van der Waals surface area contributed by atoms with E-state index in [2.05, 4.69) is 30.5 Å². The second kappa shape index (κ2) is 16.5. The van der Waals surface area contributed by atoms with Crippen molar-refractivity contribution in [3.8, 4) is 5.75 Å². The van der Waals surface area contributed by atoms with Crippen molar-refractivity contribution in [1.82, 2.24) is 30.2 Å². The van der Waals surface area contributed by atoms with Gasteiger partial charge in [0, 0.05) is 62.4 Å². The number of nitrogens with one attached hydrogen (secondary N) is 2. The number of hydrogen-bond acceptors (Lipinski definition) is 14. The summed E-state index contributed by atoms with van der Waals surface area (Å²) in [6.07, 6.45) is -1.51. The molecule has 54 heavy (non-hydrogen) atoms. The molecule has 6 rings (SSSR count). The van der Waals surface area contributed by atoms with Crippen LogP contribution in [0.5, 0.6) is 5.75 Å². The summed E-state index contributed by atoms with van der Waals surface area (Å²) in [5.74, 6) is 0.494. The van der Waals surface area contributed by atoms with Gasteiger partial charge in [-0.15, -0.1) is 0 Å². The van der Waals surface area contributed by atoms with Crippen LogP contribution in [0.15, 0.2) is 70.4 Å². The topological polar surface area (TPSA) is 207 Å². The molecular weight excluding hydrogens is 700 g/mol. The molecule has 0 aliphatic carbocycles. The van der Waals surface area contributed by atoms with E-state index in [9.17, 15) is 24.6 Å². The quantitative estimate of drug-likeness (QED) is 0.120. The van der Waals surface area contributed by atoms with E-state index in [-0.39, 0.29) is 13.0 Å². The van der Waals surface area contributed by atoms with Gasteiger partial charge in [-0.05, 0) is 43.7 Å². The number of benzene rings is 2. The van der Waals surface area contributed by atoms with Crippen molar-refractivity contribution in [2.24, 2.45) is 0 Å². The molecule has 4 N–H and O–H groups in total. The van der Waals surface area contributed by atoms with Gasteiger partial charge in [-0.1, -0.05) is 12.1 Å². The van der Waals surface area contributed by atoms with E-state index in [1.165, 1.54) is 30.4 Å². The molecule has 0 radical (unpaired) electrons. The van der Waals surface area contributed by atoms with Gasteiger partial charge < -0.3 is 49.3 Å². The number of ether oxygens (including phenoxy) is 3. The van der Waals surface area contributed by atoms with Crippen LogP contribution in [-0.4, -0.2) is 107 Å². The molecule has 3 aromatic heterocycles. The zero-order valence-corrected chi connectivity index (χ0v) is 30.6. The van der Waals surface area contributed by atoms with E-state index in [4.69, 9.17) is 18.6 Å². The third-order valence-electron chi connectivity index (χ3n) is 9.41. The average molecular weight is 745 g/mol. The van der Waals surface area contributed by atoms with E-state index in [1.807, 2.05) is 40.1 Å². The third kappa shape index (κ3) is 7.92. The summed E-state index contributed by atoms with van der Waals surface area (Å²) >= 11 is 0. The number of rotatable bonds is 14. The van der Waals surface area contributed by atoms with Gasteiger partial charge in [0.1, 0.15) is 42.5 Å². The highest BCUT2D eigenvalue weighted by Crippen LogP contribution is 2.33. The third-order valence-corrected chi connectivity index (χ3v) is 9.41. The molecular formula is C37H44N8O9. The molecule has 5 atom stereocenters. The molecule has 0 unspecified atom stereocenters. The Morgan fingerprint density at radius 2 is 1.81 bits per heavy atom. The number of carbonyl (C=O) groups is 2. The minimum absolute atomic E-state index is 0.0319. The minimum atomic E-state index is -1.35. The zero-order chi connectivity index (χ0) is 38.5. The number of hydrogen-bond donors (Lipinski definition) is 4. The molecule has 286 valence electrons. The number of fused-ring (bicyclic) bond motifs is 2. The predicted molar refractivity (Wildman–Crippen MR) is 198 cm³/mol. The molecule has 5 aromatic rings. The molecule has 0 spiro atoms. The highest BCUT2D eigenvalue weighted by molar-refractivity contribution is 5.87. The van der Waals surface area contributed by atoms with Gasteiger partial charge in [0.15, 0.2) is 23.2 Å². The average Bonchev–Trinajstić information content (AvgIpc) is 3.74. The van der Waals surface area contributed by atoms with Crippen LogP contribution in [0.25, 0.3) is 22.1 Å². The van der Waals surface area contributed by atoms with Crippen molar-refractivity contribution in [1.29, 1.82) is 0 Å². The molecule has 1 saturated heterocycles. The fourth-order valence-corrected chi connectivity index (χ4v) is 6.58. The number of alkyl carbamates (subject to hydrolysis) is 1. The predicted octanol–water partition coefficient (Wildman–Crippen LogP) is 2.13. The summed E-state index contributed by atoms with van der Waals surface area (Å²) in [5.41, 5.74) is 2.62. The lowest BCUT2D eigenvalue weighted by molar-refractivity contribution is -0.124. The molecule has 2 amide bonds. The van der Waals surface area contributed by atoms with E-state index >= 15 is 0 Å². The fourth-order valence-electron chi connectivity index (χ4n) is 6.58. The highest BCUT2D eigenvalue weighted by Gasteiger charge is 2.46. The summed E-state index contributed by atoms with van der Waals surface area (Å²) in [5, 5.41) is 27.8. The monoisotopic (exact) mass is 744 g/mol. The van der Waals surface area contributed by atoms with Crippen LogP contribution < -0.4 is 30.8 Å². The molecule has 0 saturated carbocycles. The number of carbonyl (C=O) groups excluding carboxylic acids is 2. The van der Waals surface area contributed by atoms with Crippen molar-refractivity contribution in [3.05, 3.63) is 82.7 Å². The molecule has 0 bridgehead atoms. The highest BCUT2D eigenvalue weighted by atomic mass is 16.6. The second-order valence-corrected chi connectivity index (χ2v) is 13.0. The summed E-state index contributed by atoms with van der Waals surface area (Å²) < 4.78 is 23.8. The normalized spacial score (nSPS) is 18.7. The Morgan fingerprint density at radius 3 is 2.50 bits per heavy atom. The lowest BCUT2D eigenvalue weighted by Gasteiger charge is -2.25. The van der Waals surface area contributed by atoms with Gasteiger partial charge in [0.05, 0.1) is 26.1 Å². The maximum absolute atomic E-state index is 14.0. The molecule has 1 aliphatic rings. The van der Waals surface area contributed by atoms with Crippen molar-refractivity contribution in [2.45, 2.75) is 57.4 Å². The Morgan fingerprint density at radius 1 is 1.06 bits per heavy atom. The Balaban J connectivity index is 1.20. The largest absolute Gasteiger partial charge is 0.497 e. The number of imidazole rings is 1. The van der Waals surface area contributed by atoms with Crippen LogP contribution in [0.2, 0.25) is 0 Å². The van der Waals surface area contributed by atoms with E-state index in [0.717, 1.165) is 18.8 Å². The first-order valence-electron chi connectivity index (χ1n) is 17.5. The second-order valence-electron chi connectivity index (χ2n) is 13.0. The SMILES string of the molecule is CCN(CC)c1ccc2c(COC(=O)N[C@@H](Cc3ccc(OC)cc3)C(=O)N[C@H]3[C@@H](O)[C@H](n4cnc5c(N(C)C)ncnc54)O[C@@H]3CO)cc(=O)oc2c1. The fraction of sp³-hybridized carbons (Fsp3) is 0.405. The van der Waals surface area contributed by atoms with E-state index in [0.29, 0.717) is 44.8 Å². The van der Waals surface area contributed by atoms with Crippen LogP contribution >= 0.6 is 0 Å². The molecule has 17 nitrogen and oxygen atoms in total. The minimum Gasteiger partial charge on any atom is -0.497 e. The van der Waals surface area contributed by atoms with Crippen LogP contribution in [0.3, 0.4) is 0 Å². The number of aliphatic hydroxyl groups excluding tert-OH is 2. The number of aliphatic hydroxyl groups is 2. The van der Waals surface area contributed by atoms with Crippen LogP contribution in [0.1, 0.15) is 31.2 Å². The van der Waals surface area contributed by atoms with Gasteiger partial charge in [-0.2, -0.15) is 0 Å². The summed E-state index contributed by atoms with van der Waals surface area (Å²) in [7, 11) is 5.16. The molecule has 1 aliphatic heterocycles. The van der Waals surface area contributed by atoms with Crippen molar-refractivity contribution >= 4 is 45.6 Å². The summed E-state index contributed by atoms with van der Waals surface area (Å²) in [4.78, 5) is 56.6. The Hall–Kier alpha value is -5.78. The van der Waals surface area contributed by atoms with Gasteiger partial charge in [0.25, 0.3) is 0 Å². The van der Waals surface area contributed by atoms with Crippen LogP contribution in [0, 0.1) is 0 Å². The van der Waals surface area contributed by atoms with Gasteiger partial charge in [-0.3, -0.25) is 9.36 Å². The number of methoxy groups -OCH3 is 1. The molecule has 17 heteroatoms. The Bertz CT molecular complexity index is 2150. The maximum atomic E-state index is 14.0. The number of nitrogens with zero attached hydrogens (tertiary/aromatic N) is 6.